The summed E-state index contributed by atoms with van der Waals surface area (Å²) in [6.45, 7) is 7.59. The number of hydrogen-bond acceptors (Lipinski definition) is 5. The molecule has 1 aromatic carbocycles. The van der Waals surface area contributed by atoms with Gasteiger partial charge in [0.2, 0.25) is 17.7 Å². The Morgan fingerprint density at radius 3 is 2.52 bits per heavy atom. The summed E-state index contributed by atoms with van der Waals surface area (Å²) in [6, 6.07) is 7.74. The molecule has 1 fully saturated rings. The third kappa shape index (κ3) is 6.57. The molecule has 1 aliphatic carbocycles. The van der Waals surface area contributed by atoms with Gasteiger partial charge in [-0.05, 0) is 46.1 Å². The summed E-state index contributed by atoms with van der Waals surface area (Å²) in [6.07, 6.45) is 2.27. The highest BCUT2D eigenvalue weighted by atomic mass is 35.5. The lowest BCUT2D eigenvalue weighted by atomic mass is 9.98. The molecule has 0 unspecified atom stereocenters. The highest BCUT2D eigenvalue weighted by Gasteiger charge is 2.42. The van der Waals surface area contributed by atoms with Gasteiger partial charge in [-0.2, -0.15) is 0 Å². The first-order valence-corrected chi connectivity index (χ1v) is 11.6. The van der Waals surface area contributed by atoms with Gasteiger partial charge in [-0.15, -0.1) is 0 Å². The maximum atomic E-state index is 13.5. The van der Waals surface area contributed by atoms with Crippen molar-refractivity contribution in [2.24, 2.45) is 0 Å². The number of rotatable bonds is 10. The van der Waals surface area contributed by atoms with Gasteiger partial charge in [-0.3, -0.25) is 14.4 Å². The van der Waals surface area contributed by atoms with Crippen LogP contribution < -0.4 is 10.6 Å². The lowest BCUT2D eigenvalue weighted by Gasteiger charge is -2.35. The van der Waals surface area contributed by atoms with Gasteiger partial charge in [-0.25, -0.2) is 0 Å². The average Bonchev–Trinajstić information content (AvgIpc) is 3.51. The maximum absolute atomic E-state index is 13.5. The minimum Gasteiger partial charge on any atom is -0.360 e. The Hall–Kier alpha value is -2.87. The van der Waals surface area contributed by atoms with Gasteiger partial charge in [0.05, 0.1) is 0 Å². The second-order valence-electron chi connectivity index (χ2n) is 9.05. The molecule has 9 heteroatoms. The number of benzene rings is 1. The van der Waals surface area contributed by atoms with Crippen LogP contribution in [-0.4, -0.2) is 39.4 Å². The van der Waals surface area contributed by atoms with Gasteiger partial charge in [0.1, 0.15) is 11.8 Å². The summed E-state index contributed by atoms with van der Waals surface area (Å²) in [5, 5.41) is 9.83. The van der Waals surface area contributed by atoms with Crippen molar-refractivity contribution in [1.82, 2.24) is 15.4 Å². The Kier molecular flexibility index (Phi) is 7.79. The monoisotopic (exact) mass is 474 g/mol. The number of anilines is 1. The largest absolute Gasteiger partial charge is 0.360 e. The van der Waals surface area contributed by atoms with Crippen molar-refractivity contribution in [3.63, 3.8) is 0 Å². The first kappa shape index (κ1) is 24.8. The Morgan fingerprint density at radius 1 is 1.24 bits per heavy atom. The fraction of sp³-hybridized carbons (Fsp3) is 0.500. The van der Waals surface area contributed by atoms with Crippen molar-refractivity contribution in [3.8, 4) is 0 Å². The molecule has 1 aliphatic rings. The Balaban J connectivity index is 1.80. The van der Waals surface area contributed by atoms with Crippen LogP contribution in [0.5, 0.6) is 0 Å². The number of aromatic nitrogens is 1. The van der Waals surface area contributed by atoms with Crippen LogP contribution in [0.2, 0.25) is 5.02 Å². The summed E-state index contributed by atoms with van der Waals surface area (Å²) < 4.78 is 4.94. The van der Waals surface area contributed by atoms with Crippen molar-refractivity contribution in [2.75, 3.05) is 5.32 Å². The van der Waals surface area contributed by atoms with Gasteiger partial charge in [0.15, 0.2) is 5.82 Å². The predicted molar refractivity (Wildman–Crippen MR) is 126 cm³/mol. The van der Waals surface area contributed by atoms with Gasteiger partial charge >= 0.3 is 0 Å². The fourth-order valence-electron chi connectivity index (χ4n) is 3.50. The molecule has 3 rings (SSSR count). The quantitative estimate of drug-likeness (QED) is 0.531. The van der Waals surface area contributed by atoms with Gasteiger partial charge in [-0.1, -0.05) is 41.9 Å². The molecule has 2 N–H and O–H groups in total. The zero-order valence-corrected chi connectivity index (χ0v) is 20.2. The van der Waals surface area contributed by atoms with E-state index in [1.165, 1.54) is 0 Å². The van der Waals surface area contributed by atoms with Gasteiger partial charge in [0, 0.05) is 41.1 Å². The Bertz CT molecular complexity index is 1020. The molecule has 33 heavy (non-hydrogen) atoms. The van der Waals surface area contributed by atoms with E-state index in [1.807, 2.05) is 20.8 Å². The lowest BCUT2D eigenvalue weighted by Crippen LogP contribution is -2.51. The average molecular weight is 475 g/mol. The van der Waals surface area contributed by atoms with Gasteiger partial charge < -0.3 is 20.1 Å². The van der Waals surface area contributed by atoms with E-state index in [2.05, 4.69) is 15.8 Å². The second-order valence-corrected chi connectivity index (χ2v) is 9.46. The molecule has 0 bridgehead atoms. The number of carbonyl (C=O) groups excluding carboxylic acids is 3. The molecule has 0 saturated heterocycles. The second kappa shape index (κ2) is 10.4. The molecule has 1 heterocycles. The molecule has 3 amide bonds. The number of amides is 3. The van der Waals surface area contributed by atoms with E-state index < -0.39 is 11.6 Å². The third-order valence-electron chi connectivity index (χ3n) is 5.76. The van der Waals surface area contributed by atoms with E-state index in [4.69, 9.17) is 16.1 Å². The normalized spacial score (nSPS) is 14.5. The van der Waals surface area contributed by atoms with E-state index in [1.54, 1.807) is 42.2 Å². The molecule has 8 nitrogen and oxygen atoms in total. The Morgan fingerprint density at radius 2 is 1.94 bits per heavy atom. The van der Waals surface area contributed by atoms with Crippen LogP contribution in [0.25, 0.3) is 0 Å². The number of halogens is 1. The highest BCUT2D eigenvalue weighted by molar-refractivity contribution is 6.31. The van der Waals surface area contributed by atoms with Crippen LogP contribution in [0.1, 0.15) is 70.2 Å². The first-order chi connectivity index (χ1) is 15.6. The molecule has 0 radical (unpaired) electrons. The van der Waals surface area contributed by atoms with Crippen LogP contribution in [0.3, 0.4) is 0 Å². The predicted octanol–water partition coefficient (Wildman–Crippen LogP) is 4.39. The van der Waals surface area contributed by atoms with E-state index in [9.17, 15) is 14.4 Å². The molecular weight excluding hydrogens is 444 g/mol. The van der Waals surface area contributed by atoms with Crippen LogP contribution in [0.4, 0.5) is 5.82 Å². The fourth-order valence-corrected chi connectivity index (χ4v) is 3.73. The van der Waals surface area contributed by atoms with Crippen molar-refractivity contribution in [2.45, 2.75) is 77.4 Å². The summed E-state index contributed by atoms with van der Waals surface area (Å²) in [4.78, 5) is 40.7. The smallest absolute Gasteiger partial charge is 0.247 e. The van der Waals surface area contributed by atoms with E-state index in [-0.39, 0.29) is 36.6 Å². The maximum Gasteiger partial charge on any atom is 0.247 e. The molecular formula is C24H31ClN4O4. The number of hydrogen-bond donors (Lipinski definition) is 2. The van der Waals surface area contributed by atoms with Crippen LogP contribution in [0.15, 0.2) is 34.9 Å². The summed E-state index contributed by atoms with van der Waals surface area (Å²) >= 11 is 6.46. The van der Waals surface area contributed by atoms with Crippen molar-refractivity contribution < 1.29 is 18.9 Å². The standard InChI is InChI=1S/C24H31ClN4O4/c1-5-24(3,4)27-23(32)22(17-8-6-7-9-18(17)25)29(16-10-11-16)21(31)13-12-20(30)26-19-14-15(2)33-28-19/h6-9,14,16,22H,5,10-13H2,1-4H3,(H,27,32)(H,26,28,30)/t22-/m1/s1. The Labute approximate surface area is 199 Å². The number of aryl methyl sites for hydroxylation is 1. The van der Waals surface area contributed by atoms with E-state index in [0.717, 1.165) is 19.3 Å². The number of carbonyl (C=O) groups is 3. The molecule has 0 aliphatic heterocycles. The van der Waals surface area contributed by atoms with Crippen LogP contribution >= 0.6 is 11.6 Å². The van der Waals surface area contributed by atoms with Crippen LogP contribution in [0, 0.1) is 6.92 Å². The van der Waals surface area contributed by atoms with E-state index in [0.29, 0.717) is 22.2 Å². The van der Waals surface area contributed by atoms with Gasteiger partial charge in [0.25, 0.3) is 0 Å². The lowest BCUT2D eigenvalue weighted by molar-refractivity contribution is -0.142. The summed E-state index contributed by atoms with van der Waals surface area (Å²) in [7, 11) is 0. The molecule has 2 aromatic rings. The highest BCUT2D eigenvalue weighted by Crippen LogP contribution is 2.38. The molecule has 1 aromatic heterocycles. The van der Waals surface area contributed by atoms with E-state index >= 15 is 0 Å². The third-order valence-corrected chi connectivity index (χ3v) is 6.11. The number of nitrogens with zero attached hydrogens (tertiary/aromatic N) is 2. The topological polar surface area (TPSA) is 105 Å². The molecule has 1 saturated carbocycles. The van der Waals surface area contributed by atoms with Crippen molar-refractivity contribution in [1.29, 1.82) is 0 Å². The summed E-state index contributed by atoms with van der Waals surface area (Å²) in [5.41, 5.74) is 0.135. The minimum atomic E-state index is -0.870. The molecule has 1 atom stereocenters. The molecule has 178 valence electrons. The zero-order chi connectivity index (χ0) is 24.2. The van der Waals surface area contributed by atoms with Crippen molar-refractivity contribution >= 4 is 35.1 Å². The van der Waals surface area contributed by atoms with Crippen molar-refractivity contribution in [3.05, 3.63) is 46.7 Å². The first-order valence-electron chi connectivity index (χ1n) is 11.2. The number of nitrogens with one attached hydrogen (secondary N) is 2. The molecule has 0 spiro atoms. The summed E-state index contributed by atoms with van der Waals surface area (Å²) in [5.74, 6) is -0.0154. The minimum absolute atomic E-state index is 0.0364. The zero-order valence-electron chi connectivity index (χ0n) is 19.5. The van der Waals surface area contributed by atoms with Crippen LogP contribution in [-0.2, 0) is 14.4 Å². The SMILES string of the molecule is CCC(C)(C)NC(=O)[C@@H](c1ccccc1Cl)N(C(=O)CCC(=O)Nc1cc(C)on1)C1CC1.